The van der Waals surface area contributed by atoms with Gasteiger partial charge in [-0.15, -0.1) is 11.8 Å². The fourth-order valence-electron chi connectivity index (χ4n) is 2.17. The minimum Gasteiger partial charge on any atom is -0.504 e. The topological polar surface area (TPSA) is 57.5 Å². The molecule has 0 aromatic heterocycles. The Hall–Kier alpha value is -1.59. The number of hydrogen-bond acceptors (Lipinski definition) is 5. The van der Waals surface area contributed by atoms with Crippen LogP contribution in [0.4, 0.5) is 0 Å². The minimum atomic E-state index is -0.256. The van der Waals surface area contributed by atoms with Crippen molar-refractivity contribution in [2.24, 2.45) is 0 Å². The molecule has 1 heterocycles. The Kier molecular flexibility index (Phi) is 3.40. The van der Waals surface area contributed by atoms with Crippen LogP contribution in [0, 0.1) is 0 Å². The number of carbonyl (C=O) groups is 1. The van der Waals surface area contributed by atoms with E-state index in [-0.39, 0.29) is 17.3 Å². The van der Waals surface area contributed by atoms with Gasteiger partial charge in [0.1, 0.15) is 0 Å². The lowest BCUT2D eigenvalue weighted by atomic mass is 10.0. The minimum absolute atomic E-state index is 0.0418. The number of fused-ring (bicyclic) bond motifs is 2. The second-order valence-electron chi connectivity index (χ2n) is 4.51. The maximum Gasteiger partial charge on any atom is 0.168 e. The summed E-state index contributed by atoms with van der Waals surface area (Å²) in [6, 6.07) is 8.84. The fraction of sp³-hybridized carbons (Fsp3) is 0.133. The molecule has 0 amide bonds. The summed E-state index contributed by atoms with van der Waals surface area (Å²) < 4.78 is 0. The van der Waals surface area contributed by atoms with Gasteiger partial charge in [0.2, 0.25) is 0 Å². The van der Waals surface area contributed by atoms with E-state index in [9.17, 15) is 15.0 Å². The Bertz CT molecular complexity index is 711. The van der Waals surface area contributed by atoms with E-state index in [1.165, 1.54) is 23.9 Å². The molecule has 3 rings (SSSR count). The van der Waals surface area contributed by atoms with Crippen molar-refractivity contribution in [2.45, 2.75) is 21.1 Å². The van der Waals surface area contributed by atoms with Gasteiger partial charge < -0.3 is 10.2 Å². The predicted octanol–water partition coefficient (Wildman–Crippen LogP) is 3.71. The van der Waals surface area contributed by atoms with Crippen LogP contribution < -0.4 is 0 Å². The van der Waals surface area contributed by atoms with Gasteiger partial charge in [-0.2, -0.15) is 0 Å². The molecule has 0 bridgehead atoms. The van der Waals surface area contributed by atoms with Crippen LogP contribution >= 0.6 is 23.5 Å². The molecule has 0 fully saturated rings. The second kappa shape index (κ2) is 5.07. The number of carbonyl (C=O) groups excluding carboxylic acids is 1. The monoisotopic (exact) mass is 304 g/mol. The number of phenols is 2. The van der Waals surface area contributed by atoms with Gasteiger partial charge in [-0.3, -0.25) is 4.79 Å². The molecule has 5 heteroatoms. The van der Waals surface area contributed by atoms with Crippen LogP contribution in [0.2, 0.25) is 0 Å². The van der Waals surface area contributed by atoms with Crippen molar-refractivity contribution >= 4 is 29.3 Å². The molecule has 2 N–H and O–H groups in total. The first-order chi connectivity index (χ1) is 9.58. The normalized spacial score (nSPS) is 13.6. The van der Waals surface area contributed by atoms with Gasteiger partial charge in [0.25, 0.3) is 0 Å². The highest BCUT2D eigenvalue weighted by Gasteiger charge is 2.22. The largest absolute Gasteiger partial charge is 0.504 e. The van der Waals surface area contributed by atoms with E-state index >= 15 is 0 Å². The van der Waals surface area contributed by atoms with Crippen molar-refractivity contribution in [2.75, 3.05) is 6.26 Å². The Morgan fingerprint density at radius 1 is 1.10 bits per heavy atom. The first-order valence-electron chi connectivity index (χ1n) is 6.02. The van der Waals surface area contributed by atoms with E-state index in [1.807, 2.05) is 24.5 Å². The summed E-state index contributed by atoms with van der Waals surface area (Å²) in [7, 11) is 0. The molecule has 0 saturated carbocycles. The first-order valence-corrected chi connectivity index (χ1v) is 8.06. The maximum atomic E-state index is 12.3. The lowest BCUT2D eigenvalue weighted by Crippen LogP contribution is -2.03. The molecule has 0 radical (unpaired) electrons. The number of aromatic hydroxyl groups is 2. The summed E-state index contributed by atoms with van der Waals surface area (Å²) >= 11 is 3.09. The summed E-state index contributed by atoms with van der Waals surface area (Å²) in [4.78, 5) is 15.1. The molecule has 20 heavy (non-hydrogen) atoms. The summed E-state index contributed by atoms with van der Waals surface area (Å²) in [6.45, 7) is 0. The maximum absolute atomic E-state index is 12.3. The molecule has 0 aliphatic carbocycles. The van der Waals surface area contributed by atoms with Crippen LogP contribution in [0.5, 0.6) is 11.5 Å². The quantitative estimate of drug-likeness (QED) is 0.621. The van der Waals surface area contributed by atoms with E-state index in [4.69, 9.17) is 0 Å². The summed E-state index contributed by atoms with van der Waals surface area (Å²) in [5.41, 5.74) is 1.45. The van der Waals surface area contributed by atoms with Crippen LogP contribution in [-0.2, 0) is 6.42 Å². The molecule has 2 aromatic carbocycles. The first kappa shape index (κ1) is 13.4. The standard InChI is InChI=1S/C15H12O3S2/c1-19-9-2-3-14-8(4-9)5-11(16)10-6-12(17)13(18)7-15(10)20-14/h2-4,6-7,17-18H,5H2,1H3. The molecular formula is C15H12O3S2. The average Bonchev–Trinajstić information content (AvgIpc) is 2.56. The van der Waals surface area contributed by atoms with E-state index < -0.39 is 0 Å². The Balaban J connectivity index is 2.13. The molecule has 1 aliphatic rings. The number of phenolic OH excluding ortho intramolecular Hbond substituents is 2. The zero-order chi connectivity index (χ0) is 14.3. The van der Waals surface area contributed by atoms with E-state index in [0.29, 0.717) is 16.9 Å². The van der Waals surface area contributed by atoms with Crippen LogP contribution in [0.3, 0.4) is 0 Å². The van der Waals surface area contributed by atoms with Crippen molar-refractivity contribution in [3.8, 4) is 11.5 Å². The summed E-state index contributed by atoms with van der Waals surface area (Å²) in [6.07, 6.45) is 2.31. The third-order valence-corrected chi connectivity index (χ3v) is 5.12. The van der Waals surface area contributed by atoms with Crippen LogP contribution in [0.15, 0.2) is 45.0 Å². The van der Waals surface area contributed by atoms with E-state index in [0.717, 1.165) is 15.4 Å². The van der Waals surface area contributed by atoms with Crippen molar-refractivity contribution < 1.29 is 15.0 Å². The molecular weight excluding hydrogens is 292 g/mol. The highest BCUT2D eigenvalue weighted by Crippen LogP contribution is 2.42. The van der Waals surface area contributed by atoms with Crippen molar-refractivity contribution in [1.29, 1.82) is 0 Å². The van der Waals surface area contributed by atoms with Gasteiger partial charge in [0.05, 0.1) is 0 Å². The smallest absolute Gasteiger partial charge is 0.168 e. The molecule has 0 spiro atoms. The van der Waals surface area contributed by atoms with E-state index in [1.54, 1.807) is 11.8 Å². The molecule has 0 atom stereocenters. The Labute approximate surface area is 125 Å². The lowest BCUT2D eigenvalue weighted by molar-refractivity contribution is 0.0989. The number of thioether (sulfide) groups is 1. The molecule has 0 unspecified atom stereocenters. The van der Waals surface area contributed by atoms with Crippen molar-refractivity contribution in [3.05, 3.63) is 41.5 Å². The molecule has 3 nitrogen and oxygen atoms in total. The summed E-state index contributed by atoms with van der Waals surface area (Å²) in [5, 5.41) is 19.2. The summed E-state index contributed by atoms with van der Waals surface area (Å²) in [5.74, 6) is -0.499. The Morgan fingerprint density at radius 3 is 2.60 bits per heavy atom. The van der Waals surface area contributed by atoms with Crippen molar-refractivity contribution in [1.82, 2.24) is 0 Å². The highest BCUT2D eigenvalue weighted by atomic mass is 32.2. The van der Waals surface area contributed by atoms with Crippen LogP contribution in [0.1, 0.15) is 15.9 Å². The van der Waals surface area contributed by atoms with Gasteiger partial charge in [-0.05, 0) is 42.2 Å². The van der Waals surface area contributed by atoms with Gasteiger partial charge in [-0.1, -0.05) is 11.8 Å². The third-order valence-electron chi connectivity index (χ3n) is 3.22. The number of rotatable bonds is 1. The average molecular weight is 304 g/mol. The number of ketones is 1. The molecule has 0 saturated heterocycles. The number of Topliss-reactive ketones (excluding diaryl/α,β-unsaturated/α-hetero) is 1. The number of benzene rings is 2. The van der Waals surface area contributed by atoms with Crippen LogP contribution in [-0.4, -0.2) is 22.3 Å². The van der Waals surface area contributed by atoms with Crippen LogP contribution in [0.25, 0.3) is 0 Å². The zero-order valence-electron chi connectivity index (χ0n) is 10.7. The lowest BCUT2D eigenvalue weighted by Gasteiger charge is -2.07. The third kappa shape index (κ3) is 2.27. The zero-order valence-corrected chi connectivity index (χ0v) is 12.3. The molecule has 1 aliphatic heterocycles. The van der Waals surface area contributed by atoms with Gasteiger partial charge in [0.15, 0.2) is 17.3 Å². The van der Waals surface area contributed by atoms with Gasteiger partial charge >= 0.3 is 0 Å². The van der Waals surface area contributed by atoms with Gasteiger partial charge in [0, 0.05) is 26.7 Å². The SMILES string of the molecule is CSc1ccc2c(c1)CC(=O)c1cc(O)c(O)cc1S2. The number of hydrogen-bond donors (Lipinski definition) is 2. The predicted molar refractivity (Wildman–Crippen MR) is 80.2 cm³/mol. The molecule has 102 valence electrons. The van der Waals surface area contributed by atoms with Crippen molar-refractivity contribution in [3.63, 3.8) is 0 Å². The Morgan fingerprint density at radius 2 is 1.85 bits per heavy atom. The highest BCUT2D eigenvalue weighted by molar-refractivity contribution is 7.99. The van der Waals surface area contributed by atoms with E-state index in [2.05, 4.69) is 0 Å². The second-order valence-corrected chi connectivity index (χ2v) is 6.48. The fourth-order valence-corrected chi connectivity index (χ4v) is 3.72. The van der Waals surface area contributed by atoms with Gasteiger partial charge in [-0.25, -0.2) is 0 Å². The molecule has 2 aromatic rings.